The van der Waals surface area contributed by atoms with Crippen molar-refractivity contribution in [3.63, 3.8) is 0 Å². The number of unbranched alkanes of at least 4 members (excludes halogenated alkanes) is 1. The summed E-state index contributed by atoms with van der Waals surface area (Å²) in [5.41, 5.74) is 6.68. The minimum atomic E-state index is -0.331. The monoisotopic (exact) mass is 312 g/mol. The maximum Gasteiger partial charge on any atom is 0.150 e. The van der Waals surface area contributed by atoms with Crippen LogP contribution in [-0.4, -0.2) is 21.5 Å². The number of halogens is 2. The second-order valence-corrected chi connectivity index (χ2v) is 4.91. The number of nitrogens with two attached hydrogens (primary N) is 1. The maximum atomic E-state index is 13.7. The third kappa shape index (κ3) is 3.14. The SMILES string of the molecule is NCCCCc1cn(-c2ccc(Br)cc2F)nn1. The van der Waals surface area contributed by atoms with Gasteiger partial charge in [0.1, 0.15) is 11.5 Å². The van der Waals surface area contributed by atoms with Crippen LogP contribution in [0.15, 0.2) is 28.9 Å². The molecule has 6 heteroatoms. The molecule has 96 valence electrons. The van der Waals surface area contributed by atoms with Crippen LogP contribution in [0.2, 0.25) is 0 Å². The smallest absolute Gasteiger partial charge is 0.150 e. The predicted octanol–water partition coefficient (Wildman–Crippen LogP) is 2.45. The van der Waals surface area contributed by atoms with E-state index in [4.69, 9.17) is 5.73 Å². The van der Waals surface area contributed by atoms with Crippen LogP contribution in [0, 0.1) is 5.82 Å². The Kier molecular flexibility index (Phi) is 4.43. The van der Waals surface area contributed by atoms with Crippen molar-refractivity contribution in [2.45, 2.75) is 19.3 Å². The first-order valence-corrected chi connectivity index (χ1v) is 6.56. The van der Waals surface area contributed by atoms with Gasteiger partial charge in [-0.2, -0.15) is 0 Å². The Morgan fingerprint density at radius 1 is 1.33 bits per heavy atom. The first-order chi connectivity index (χ1) is 8.70. The first-order valence-electron chi connectivity index (χ1n) is 5.77. The Labute approximate surface area is 113 Å². The maximum absolute atomic E-state index is 13.7. The van der Waals surface area contributed by atoms with E-state index in [9.17, 15) is 4.39 Å². The van der Waals surface area contributed by atoms with E-state index in [-0.39, 0.29) is 5.82 Å². The molecule has 0 unspecified atom stereocenters. The molecule has 0 amide bonds. The molecule has 0 saturated carbocycles. The predicted molar refractivity (Wildman–Crippen MR) is 71.0 cm³/mol. The molecular formula is C12H14BrFN4. The van der Waals surface area contributed by atoms with E-state index < -0.39 is 0 Å². The minimum Gasteiger partial charge on any atom is -0.330 e. The number of benzene rings is 1. The van der Waals surface area contributed by atoms with Crippen molar-refractivity contribution in [2.24, 2.45) is 5.73 Å². The highest BCUT2D eigenvalue weighted by Crippen LogP contribution is 2.18. The summed E-state index contributed by atoms with van der Waals surface area (Å²) >= 11 is 3.22. The van der Waals surface area contributed by atoms with Gasteiger partial charge >= 0.3 is 0 Å². The Hall–Kier alpha value is -1.27. The lowest BCUT2D eigenvalue weighted by atomic mass is 10.2. The van der Waals surface area contributed by atoms with E-state index in [1.54, 1.807) is 18.3 Å². The van der Waals surface area contributed by atoms with Crippen LogP contribution in [0.1, 0.15) is 18.5 Å². The van der Waals surface area contributed by atoms with Crippen LogP contribution in [0.3, 0.4) is 0 Å². The number of aryl methyl sites for hydroxylation is 1. The molecule has 0 aliphatic rings. The van der Waals surface area contributed by atoms with Crippen molar-refractivity contribution in [1.29, 1.82) is 0 Å². The van der Waals surface area contributed by atoms with E-state index in [0.29, 0.717) is 16.7 Å². The zero-order valence-electron chi connectivity index (χ0n) is 9.81. The lowest BCUT2D eigenvalue weighted by Crippen LogP contribution is -1.99. The molecule has 0 fully saturated rings. The van der Waals surface area contributed by atoms with Gasteiger partial charge in [-0.1, -0.05) is 21.1 Å². The van der Waals surface area contributed by atoms with Crippen molar-refractivity contribution < 1.29 is 4.39 Å². The molecule has 0 spiro atoms. The van der Waals surface area contributed by atoms with Gasteiger partial charge in [-0.3, -0.25) is 0 Å². The average molecular weight is 313 g/mol. The molecule has 0 saturated heterocycles. The van der Waals surface area contributed by atoms with Crippen LogP contribution in [0.4, 0.5) is 4.39 Å². The first kappa shape index (κ1) is 13.2. The van der Waals surface area contributed by atoms with Crippen LogP contribution in [0.25, 0.3) is 5.69 Å². The standard InChI is InChI=1S/C12H14BrFN4/c13-9-4-5-12(11(14)7-9)18-8-10(16-17-18)3-1-2-6-15/h4-5,7-8H,1-3,6,15H2. The molecule has 18 heavy (non-hydrogen) atoms. The van der Waals surface area contributed by atoms with Crippen LogP contribution < -0.4 is 5.73 Å². The number of aromatic nitrogens is 3. The zero-order chi connectivity index (χ0) is 13.0. The summed E-state index contributed by atoms with van der Waals surface area (Å²) in [6.45, 7) is 0.676. The van der Waals surface area contributed by atoms with Crippen molar-refractivity contribution in [2.75, 3.05) is 6.54 Å². The lowest BCUT2D eigenvalue weighted by Gasteiger charge is -2.01. The Bertz CT molecular complexity index is 527. The van der Waals surface area contributed by atoms with Crippen molar-refractivity contribution >= 4 is 15.9 Å². The van der Waals surface area contributed by atoms with Gasteiger partial charge in [0, 0.05) is 4.47 Å². The Balaban J connectivity index is 2.13. The fraction of sp³-hybridized carbons (Fsp3) is 0.333. The third-order valence-electron chi connectivity index (χ3n) is 2.58. The van der Waals surface area contributed by atoms with Gasteiger partial charge in [-0.05, 0) is 44.0 Å². The van der Waals surface area contributed by atoms with Crippen molar-refractivity contribution in [1.82, 2.24) is 15.0 Å². The van der Waals surface area contributed by atoms with Crippen LogP contribution in [-0.2, 0) is 6.42 Å². The molecule has 0 atom stereocenters. The largest absolute Gasteiger partial charge is 0.330 e. The van der Waals surface area contributed by atoms with Crippen molar-refractivity contribution in [3.8, 4) is 5.69 Å². The van der Waals surface area contributed by atoms with Gasteiger partial charge < -0.3 is 5.73 Å². The highest BCUT2D eigenvalue weighted by atomic mass is 79.9. The van der Waals surface area contributed by atoms with Gasteiger partial charge in [0.05, 0.1) is 11.9 Å². The molecular weight excluding hydrogens is 299 g/mol. The topological polar surface area (TPSA) is 56.7 Å². The average Bonchev–Trinajstić information content (AvgIpc) is 2.78. The van der Waals surface area contributed by atoms with Crippen LogP contribution in [0.5, 0.6) is 0 Å². The molecule has 0 aliphatic carbocycles. The number of nitrogens with zero attached hydrogens (tertiary/aromatic N) is 3. The Morgan fingerprint density at radius 3 is 2.89 bits per heavy atom. The van der Waals surface area contributed by atoms with E-state index in [0.717, 1.165) is 25.0 Å². The molecule has 1 aromatic heterocycles. The summed E-state index contributed by atoms with van der Waals surface area (Å²) < 4.78 is 15.9. The van der Waals surface area contributed by atoms with Crippen LogP contribution >= 0.6 is 15.9 Å². The highest BCUT2D eigenvalue weighted by Gasteiger charge is 2.08. The molecule has 0 radical (unpaired) electrons. The normalized spacial score (nSPS) is 10.8. The molecule has 2 rings (SSSR count). The fourth-order valence-corrected chi connectivity index (χ4v) is 1.98. The molecule has 1 aromatic carbocycles. The van der Waals surface area contributed by atoms with E-state index >= 15 is 0 Å². The number of hydrogen-bond acceptors (Lipinski definition) is 3. The van der Waals surface area contributed by atoms with E-state index in [1.165, 1.54) is 10.7 Å². The molecule has 0 bridgehead atoms. The number of rotatable bonds is 5. The third-order valence-corrected chi connectivity index (χ3v) is 3.08. The Morgan fingerprint density at radius 2 is 2.17 bits per heavy atom. The van der Waals surface area contributed by atoms with Crippen molar-refractivity contribution in [3.05, 3.63) is 40.4 Å². The quantitative estimate of drug-likeness (QED) is 0.863. The summed E-state index contributed by atoms with van der Waals surface area (Å²) in [4.78, 5) is 0. The fourth-order valence-electron chi connectivity index (χ4n) is 1.65. The molecule has 0 aliphatic heterocycles. The summed E-state index contributed by atoms with van der Waals surface area (Å²) in [7, 11) is 0. The molecule has 2 N–H and O–H groups in total. The molecule has 2 aromatic rings. The minimum absolute atomic E-state index is 0.331. The zero-order valence-corrected chi connectivity index (χ0v) is 11.4. The lowest BCUT2D eigenvalue weighted by molar-refractivity contribution is 0.606. The van der Waals surface area contributed by atoms with Gasteiger partial charge in [0.2, 0.25) is 0 Å². The number of hydrogen-bond donors (Lipinski definition) is 1. The van der Waals surface area contributed by atoms with Gasteiger partial charge in [-0.25, -0.2) is 9.07 Å². The second-order valence-electron chi connectivity index (χ2n) is 4.00. The van der Waals surface area contributed by atoms with E-state index in [1.807, 2.05) is 0 Å². The summed E-state index contributed by atoms with van der Waals surface area (Å²) in [6, 6.07) is 4.84. The van der Waals surface area contributed by atoms with E-state index in [2.05, 4.69) is 26.2 Å². The highest BCUT2D eigenvalue weighted by molar-refractivity contribution is 9.10. The summed E-state index contributed by atoms with van der Waals surface area (Å²) in [5.74, 6) is -0.331. The van der Waals surface area contributed by atoms with Gasteiger partial charge in [0.25, 0.3) is 0 Å². The van der Waals surface area contributed by atoms with Gasteiger partial charge in [0.15, 0.2) is 0 Å². The summed E-state index contributed by atoms with van der Waals surface area (Å²) in [5, 5.41) is 7.96. The molecule has 4 nitrogen and oxygen atoms in total. The van der Waals surface area contributed by atoms with Gasteiger partial charge in [-0.15, -0.1) is 5.10 Å². The summed E-state index contributed by atoms with van der Waals surface area (Å²) in [6.07, 6.45) is 4.50. The molecule has 1 heterocycles. The second kappa shape index (κ2) is 6.06.